The number of hydrogen-bond acceptors (Lipinski definition) is 5. The summed E-state index contributed by atoms with van der Waals surface area (Å²) in [5.74, 6) is -12.8. The van der Waals surface area contributed by atoms with E-state index < -0.39 is 61.6 Å². The predicted octanol–water partition coefficient (Wildman–Crippen LogP) is 10.7. The topological polar surface area (TPSA) is 61.8 Å². The maximum atomic E-state index is 13.3. The van der Waals surface area contributed by atoms with E-state index in [1.807, 2.05) is 0 Å². The summed E-state index contributed by atoms with van der Waals surface area (Å²) >= 11 is 0. The van der Waals surface area contributed by atoms with Crippen molar-refractivity contribution in [2.24, 2.45) is 0 Å². The maximum Gasteiger partial charge on any atom is 0.458 e. The Morgan fingerprint density at radius 3 is 0.787 bits per heavy atom. The summed E-state index contributed by atoms with van der Waals surface area (Å²) in [5.41, 5.74) is 0. The van der Waals surface area contributed by atoms with E-state index in [-0.39, 0.29) is 38.5 Å². The van der Waals surface area contributed by atoms with Crippen molar-refractivity contribution in [1.82, 2.24) is 0 Å². The molecule has 0 N–H and O–H groups in total. The second-order valence-corrected chi connectivity index (χ2v) is 10.9. The second kappa shape index (κ2) is 20.6. The third kappa shape index (κ3) is 16.8. The van der Waals surface area contributed by atoms with E-state index in [9.17, 15) is 71.1 Å². The van der Waals surface area contributed by atoms with Crippen molar-refractivity contribution in [3.63, 3.8) is 0 Å². The van der Waals surface area contributed by atoms with Gasteiger partial charge < -0.3 is 14.2 Å². The standard InChI is InChI=1S/C28H40F14O5/c29-23(25(31,32)33,26(34,35)36)45-19-15-11-7-3-1-5-9-13-17-21(43)47-22(44)18-14-10-6-2-4-8-12-16-20-46-24(30,27(37,38)39)28(40,41)42/h1-20H2. The van der Waals surface area contributed by atoms with E-state index in [1.54, 1.807) is 0 Å². The normalized spacial score (nSPS) is 13.7. The van der Waals surface area contributed by atoms with Crippen molar-refractivity contribution < 1.29 is 85.3 Å². The van der Waals surface area contributed by atoms with Crippen LogP contribution in [0.5, 0.6) is 0 Å². The maximum absolute atomic E-state index is 13.3. The number of carbonyl (C=O) groups is 2. The number of halogens is 14. The first-order valence-electron chi connectivity index (χ1n) is 15.2. The van der Waals surface area contributed by atoms with Gasteiger partial charge in [-0.3, -0.25) is 9.59 Å². The molecule has 0 aliphatic carbocycles. The Bertz CT molecular complexity index is 787. The first-order chi connectivity index (χ1) is 21.5. The van der Waals surface area contributed by atoms with Crippen LogP contribution in [0.4, 0.5) is 61.5 Å². The quantitative estimate of drug-likeness (QED) is 0.0430. The van der Waals surface area contributed by atoms with Gasteiger partial charge in [0.25, 0.3) is 0 Å². The summed E-state index contributed by atoms with van der Waals surface area (Å²) in [6.07, 6.45) is -18.0. The lowest BCUT2D eigenvalue weighted by atomic mass is 10.1. The Morgan fingerprint density at radius 2 is 0.553 bits per heavy atom. The molecule has 0 spiro atoms. The molecule has 0 radical (unpaired) electrons. The van der Waals surface area contributed by atoms with Crippen molar-refractivity contribution in [1.29, 1.82) is 0 Å². The Labute approximate surface area is 263 Å². The molecule has 0 aliphatic heterocycles. The van der Waals surface area contributed by atoms with Gasteiger partial charge in [0.1, 0.15) is 0 Å². The fourth-order valence-electron chi connectivity index (χ4n) is 4.17. The lowest BCUT2D eigenvalue weighted by Gasteiger charge is -2.29. The van der Waals surface area contributed by atoms with Crippen molar-refractivity contribution in [2.45, 2.75) is 152 Å². The lowest BCUT2D eigenvalue weighted by Crippen LogP contribution is -2.55. The number of alkyl halides is 14. The van der Waals surface area contributed by atoms with Crippen molar-refractivity contribution in [2.75, 3.05) is 13.2 Å². The zero-order chi connectivity index (χ0) is 36.4. The Balaban J connectivity index is 3.74. The summed E-state index contributed by atoms with van der Waals surface area (Å²) in [4.78, 5) is 23.5. The van der Waals surface area contributed by atoms with Gasteiger partial charge >= 0.3 is 48.4 Å². The molecule has 5 nitrogen and oxygen atoms in total. The van der Waals surface area contributed by atoms with Gasteiger partial charge in [-0.05, 0) is 25.7 Å². The van der Waals surface area contributed by atoms with Gasteiger partial charge in [0.05, 0.1) is 13.2 Å². The van der Waals surface area contributed by atoms with Crippen LogP contribution in [0.15, 0.2) is 0 Å². The van der Waals surface area contributed by atoms with Gasteiger partial charge in [-0.1, -0.05) is 77.0 Å². The van der Waals surface area contributed by atoms with Gasteiger partial charge in [0.15, 0.2) is 0 Å². The lowest BCUT2D eigenvalue weighted by molar-refractivity contribution is -0.430. The zero-order valence-electron chi connectivity index (χ0n) is 25.5. The minimum atomic E-state index is -6.25. The highest BCUT2D eigenvalue weighted by Gasteiger charge is 2.75. The number of ether oxygens (including phenoxy) is 3. The number of unbranched alkanes of at least 4 members (excludes halogenated alkanes) is 14. The molecule has 0 unspecified atom stereocenters. The fraction of sp³-hybridized carbons (Fsp3) is 0.929. The molecule has 0 aliphatic rings. The molecule has 0 rings (SSSR count). The largest absolute Gasteiger partial charge is 0.458 e. The molecule has 47 heavy (non-hydrogen) atoms. The minimum Gasteiger partial charge on any atom is -0.393 e. The number of hydrogen-bond donors (Lipinski definition) is 0. The highest BCUT2D eigenvalue weighted by molar-refractivity contribution is 5.85. The van der Waals surface area contributed by atoms with Crippen LogP contribution in [-0.4, -0.2) is 61.6 Å². The second-order valence-electron chi connectivity index (χ2n) is 10.9. The molecule has 19 heteroatoms. The number of carbonyl (C=O) groups excluding carboxylic acids is 2. The van der Waals surface area contributed by atoms with E-state index in [0.717, 1.165) is 0 Å². The van der Waals surface area contributed by atoms with Crippen LogP contribution in [0, 0.1) is 0 Å². The molecule has 0 fully saturated rings. The Kier molecular flexibility index (Phi) is 19.7. The van der Waals surface area contributed by atoms with Crippen LogP contribution in [0.2, 0.25) is 0 Å². The molecule has 0 saturated carbocycles. The molecule has 0 heterocycles. The molecule has 0 amide bonds. The van der Waals surface area contributed by atoms with Crippen molar-refractivity contribution in [3.8, 4) is 0 Å². The summed E-state index contributed by atoms with van der Waals surface area (Å²) in [7, 11) is 0. The average Bonchev–Trinajstić information content (AvgIpc) is 2.91. The molecule has 0 aromatic rings. The summed E-state index contributed by atoms with van der Waals surface area (Å²) in [6.45, 7) is -2.11. The summed E-state index contributed by atoms with van der Waals surface area (Å²) in [5, 5.41) is 0. The SMILES string of the molecule is O=C(CCCCCCCCCCOC(F)(C(F)(F)F)C(F)(F)F)OC(=O)CCCCCCCCCCOC(F)(C(F)(F)F)C(F)(F)F. The van der Waals surface area contributed by atoms with Crippen LogP contribution in [-0.2, 0) is 23.8 Å². The first-order valence-corrected chi connectivity index (χ1v) is 15.2. The summed E-state index contributed by atoms with van der Waals surface area (Å²) in [6, 6.07) is 0. The molecule has 0 saturated heterocycles. The van der Waals surface area contributed by atoms with Crippen LogP contribution in [0.1, 0.15) is 116 Å². The van der Waals surface area contributed by atoms with Crippen molar-refractivity contribution in [3.05, 3.63) is 0 Å². The molecule has 0 bridgehead atoms. The molecule has 0 atom stereocenters. The highest BCUT2D eigenvalue weighted by atomic mass is 19.4. The highest BCUT2D eigenvalue weighted by Crippen LogP contribution is 2.48. The average molecular weight is 723 g/mol. The minimum absolute atomic E-state index is 0.00374. The van der Waals surface area contributed by atoms with Gasteiger partial charge in [0, 0.05) is 12.8 Å². The Hall–Kier alpha value is -1.92. The number of rotatable bonds is 24. The van der Waals surface area contributed by atoms with Crippen LogP contribution in [0.25, 0.3) is 0 Å². The van der Waals surface area contributed by atoms with Gasteiger partial charge in [-0.25, -0.2) is 0 Å². The van der Waals surface area contributed by atoms with E-state index in [1.165, 1.54) is 0 Å². The van der Waals surface area contributed by atoms with Gasteiger partial charge in [0.2, 0.25) is 0 Å². The van der Waals surface area contributed by atoms with Crippen LogP contribution < -0.4 is 0 Å². The number of esters is 2. The van der Waals surface area contributed by atoms with E-state index in [4.69, 9.17) is 4.74 Å². The van der Waals surface area contributed by atoms with Crippen LogP contribution >= 0.6 is 0 Å². The fourth-order valence-corrected chi connectivity index (χ4v) is 4.17. The smallest absolute Gasteiger partial charge is 0.393 e. The monoisotopic (exact) mass is 722 g/mol. The third-order valence-electron chi connectivity index (χ3n) is 6.84. The van der Waals surface area contributed by atoms with Crippen LogP contribution in [0.3, 0.4) is 0 Å². The van der Waals surface area contributed by atoms with E-state index >= 15 is 0 Å². The molecule has 0 aromatic carbocycles. The van der Waals surface area contributed by atoms with E-state index in [0.29, 0.717) is 77.0 Å². The van der Waals surface area contributed by atoms with Gasteiger partial charge in [-0.15, -0.1) is 0 Å². The third-order valence-corrected chi connectivity index (χ3v) is 6.84. The van der Waals surface area contributed by atoms with Crippen molar-refractivity contribution >= 4 is 11.9 Å². The molecule has 280 valence electrons. The molecular weight excluding hydrogens is 682 g/mol. The first kappa shape index (κ1) is 45.1. The van der Waals surface area contributed by atoms with Gasteiger partial charge in [-0.2, -0.15) is 61.5 Å². The van der Waals surface area contributed by atoms with E-state index in [2.05, 4.69) is 9.47 Å². The Morgan fingerprint density at radius 1 is 0.340 bits per heavy atom. The predicted molar refractivity (Wildman–Crippen MR) is 138 cm³/mol. The summed E-state index contributed by atoms with van der Waals surface area (Å²) < 4.78 is 187. The zero-order valence-corrected chi connectivity index (χ0v) is 25.5. The molecular formula is C28H40F14O5. The molecule has 0 aromatic heterocycles.